The van der Waals surface area contributed by atoms with Gasteiger partial charge in [-0.25, -0.2) is 14.6 Å². The lowest BCUT2D eigenvalue weighted by Gasteiger charge is -2.25. The number of hydrogen-bond acceptors (Lipinski definition) is 13. The van der Waals surface area contributed by atoms with E-state index >= 15 is 0 Å². The van der Waals surface area contributed by atoms with E-state index < -0.39 is 44.0 Å². The number of amidine groups is 2. The van der Waals surface area contributed by atoms with Crippen molar-refractivity contribution in [3.8, 4) is 11.8 Å². The normalized spacial score (nSPS) is 28.1. The lowest BCUT2D eigenvalue weighted by atomic mass is 9.83. The Morgan fingerprint density at radius 3 is 2.77 bits per heavy atom. The number of carbonyl (C=O) groups excluding carboxylic acids is 1. The van der Waals surface area contributed by atoms with Gasteiger partial charge in [-0.15, -0.1) is 0 Å². The first-order chi connectivity index (χ1) is 18.5. The van der Waals surface area contributed by atoms with Crippen LogP contribution in [0.1, 0.15) is 27.7 Å². The summed E-state index contributed by atoms with van der Waals surface area (Å²) >= 11 is 0. The standard InChI is InChI=1S/C24H30N7O7P/c1-14(2)36-23(33)15(3)30-39(34,38-16-8-6-5-7-9-16)35-11-18-19(32)24(4,12-25)20(37-18)17-10-27-22-21(26)28-13-29-31(17)22/h5-9,13-15,18-19,32H,10-11H2,1-4H3,(H,30,34)(H2,26,28,29)/b20-17+/t15-,18?,19+,24+,39?/m0/s1. The van der Waals surface area contributed by atoms with Gasteiger partial charge in [-0.2, -0.15) is 15.5 Å². The van der Waals surface area contributed by atoms with Gasteiger partial charge in [-0.1, -0.05) is 18.2 Å². The average Bonchev–Trinajstić information content (AvgIpc) is 3.43. The summed E-state index contributed by atoms with van der Waals surface area (Å²) < 4.78 is 36.3. The summed E-state index contributed by atoms with van der Waals surface area (Å²) in [5.41, 5.74) is 4.77. The first kappa shape index (κ1) is 28.3. The minimum Gasteiger partial charge on any atom is -0.486 e. The van der Waals surface area contributed by atoms with Crippen LogP contribution in [-0.2, 0) is 23.4 Å². The number of fused-ring (bicyclic) bond motifs is 1. The molecule has 1 fully saturated rings. The maximum atomic E-state index is 13.8. The molecule has 15 heteroatoms. The Balaban J connectivity index is 1.56. The molecule has 2 unspecified atom stereocenters. The molecular formula is C24H30N7O7P. The average molecular weight is 560 g/mol. The summed E-state index contributed by atoms with van der Waals surface area (Å²) in [4.78, 5) is 20.6. The third-order valence-corrected chi connectivity index (χ3v) is 7.69. The number of benzene rings is 1. The lowest BCUT2D eigenvalue weighted by Crippen LogP contribution is -2.39. The smallest absolute Gasteiger partial charge is 0.459 e. The molecule has 0 spiro atoms. The van der Waals surface area contributed by atoms with Crippen LogP contribution in [0.5, 0.6) is 5.75 Å². The second-order valence-electron chi connectivity index (χ2n) is 9.42. The Morgan fingerprint density at radius 2 is 2.10 bits per heavy atom. The maximum absolute atomic E-state index is 13.8. The molecule has 39 heavy (non-hydrogen) atoms. The Labute approximate surface area is 225 Å². The number of aliphatic hydroxyl groups is 1. The zero-order chi connectivity index (χ0) is 28.4. The van der Waals surface area contributed by atoms with Gasteiger partial charge in [0.1, 0.15) is 41.1 Å². The summed E-state index contributed by atoms with van der Waals surface area (Å²) in [5, 5.41) is 29.3. The maximum Gasteiger partial charge on any atom is 0.459 e. The fraction of sp³-hybridized carbons (Fsp3) is 0.458. The van der Waals surface area contributed by atoms with Crippen molar-refractivity contribution in [3.05, 3.63) is 41.8 Å². The van der Waals surface area contributed by atoms with E-state index in [1.807, 2.05) is 0 Å². The van der Waals surface area contributed by atoms with E-state index in [1.54, 1.807) is 44.2 Å². The molecule has 4 N–H and O–H groups in total. The molecule has 1 saturated heterocycles. The number of rotatable bonds is 9. The zero-order valence-corrected chi connectivity index (χ0v) is 22.7. The summed E-state index contributed by atoms with van der Waals surface area (Å²) in [6, 6.07) is 9.27. The predicted molar refractivity (Wildman–Crippen MR) is 140 cm³/mol. The minimum atomic E-state index is -4.23. The highest BCUT2D eigenvalue weighted by Gasteiger charge is 2.54. The van der Waals surface area contributed by atoms with Crippen LogP contribution in [0.4, 0.5) is 0 Å². The van der Waals surface area contributed by atoms with Crippen molar-refractivity contribution in [2.75, 3.05) is 13.2 Å². The van der Waals surface area contributed by atoms with Crippen LogP contribution in [0.2, 0.25) is 0 Å². The van der Waals surface area contributed by atoms with Crippen LogP contribution in [0, 0.1) is 16.7 Å². The van der Waals surface area contributed by atoms with E-state index in [4.69, 9.17) is 24.3 Å². The van der Waals surface area contributed by atoms with Crippen molar-refractivity contribution >= 4 is 31.7 Å². The first-order valence-electron chi connectivity index (χ1n) is 12.1. The van der Waals surface area contributed by atoms with E-state index in [0.717, 1.165) is 0 Å². The summed E-state index contributed by atoms with van der Waals surface area (Å²) in [5.74, 6) is 0.123. The Morgan fingerprint density at radius 1 is 1.38 bits per heavy atom. The van der Waals surface area contributed by atoms with Crippen LogP contribution in [0.3, 0.4) is 0 Å². The SMILES string of the molecule is CC(C)OC(=O)[C@H](C)NP(=O)(OCC1O/C(=C2\CN=C3C(N)=NC=NN32)[C@](C)(C#N)[C@@H]1O)Oc1ccccc1. The number of hydrazone groups is 1. The van der Waals surface area contributed by atoms with Gasteiger partial charge in [-0.3, -0.25) is 14.3 Å². The molecule has 0 aromatic heterocycles. The highest BCUT2D eigenvalue weighted by atomic mass is 31.2. The van der Waals surface area contributed by atoms with Gasteiger partial charge in [0.15, 0.2) is 17.8 Å². The Bertz CT molecular complexity index is 1320. The molecule has 3 aliphatic rings. The van der Waals surface area contributed by atoms with E-state index in [0.29, 0.717) is 11.5 Å². The number of para-hydroxylation sites is 1. The molecule has 5 atom stereocenters. The van der Waals surface area contributed by atoms with Crippen molar-refractivity contribution in [2.45, 2.75) is 52.0 Å². The van der Waals surface area contributed by atoms with E-state index in [9.17, 15) is 19.7 Å². The van der Waals surface area contributed by atoms with Crippen molar-refractivity contribution in [3.63, 3.8) is 0 Å². The molecule has 3 aliphatic heterocycles. The molecule has 0 bridgehead atoms. The highest BCUT2D eigenvalue weighted by molar-refractivity contribution is 7.52. The Kier molecular flexibility index (Phi) is 8.08. The van der Waals surface area contributed by atoms with Crippen molar-refractivity contribution in [2.24, 2.45) is 26.2 Å². The van der Waals surface area contributed by atoms with E-state index in [2.05, 4.69) is 26.2 Å². The molecule has 14 nitrogen and oxygen atoms in total. The monoisotopic (exact) mass is 559 g/mol. The molecule has 0 radical (unpaired) electrons. The quantitative estimate of drug-likeness (QED) is 0.294. The van der Waals surface area contributed by atoms with Crippen molar-refractivity contribution < 1.29 is 33.0 Å². The van der Waals surface area contributed by atoms with Gasteiger partial charge in [0.05, 0.1) is 25.3 Å². The van der Waals surface area contributed by atoms with Crippen LogP contribution in [0.15, 0.2) is 56.9 Å². The second-order valence-corrected chi connectivity index (χ2v) is 11.1. The van der Waals surface area contributed by atoms with Crippen LogP contribution in [-0.4, -0.2) is 71.6 Å². The predicted octanol–water partition coefficient (Wildman–Crippen LogP) is 1.65. The third kappa shape index (κ3) is 5.81. The summed E-state index contributed by atoms with van der Waals surface area (Å²) in [6.45, 7) is 5.96. The molecule has 208 valence electrons. The van der Waals surface area contributed by atoms with Gasteiger partial charge in [-0.05, 0) is 39.8 Å². The zero-order valence-electron chi connectivity index (χ0n) is 21.8. The molecule has 0 saturated carbocycles. The number of nitrogens with one attached hydrogen (secondary N) is 1. The number of aliphatic imine (C=N–C) groups is 2. The molecule has 1 aromatic rings. The van der Waals surface area contributed by atoms with Gasteiger partial charge in [0, 0.05) is 0 Å². The number of nitrogens with two attached hydrogens (primary N) is 1. The number of hydrogen-bond donors (Lipinski definition) is 3. The summed E-state index contributed by atoms with van der Waals surface area (Å²) in [7, 11) is -4.23. The minimum absolute atomic E-state index is 0.0858. The number of ether oxygens (including phenoxy) is 2. The Hall–Kier alpha value is -3.76. The van der Waals surface area contributed by atoms with Crippen LogP contribution in [0.25, 0.3) is 0 Å². The van der Waals surface area contributed by atoms with Crippen LogP contribution < -0.4 is 15.3 Å². The lowest BCUT2D eigenvalue weighted by molar-refractivity contribution is -0.149. The second kappa shape index (κ2) is 11.2. The number of nitriles is 1. The highest BCUT2D eigenvalue weighted by Crippen LogP contribution is 2.49. The van der Waals surface area contributed by atoms with E-state index in [1.165, 1.54) is 25.2 Å². The number of carbonyl (C=O) groups is 1. The van der Waals surface area contributed by atoms with Crippen LogP contribution >= 0.6 is 7.75 Å². The van der Waals surface area contributed by atoms with Gasteiger partial charge >= 0.3 is 13.7 Å². The molecule has 0 aliphatic carbocycles. The molecule has 0 amide bonds. The van der Waals surface area contributed by atoms with Gasteiger partial charge in [0.2, 0.25) is 0 Å². The number of aliphatic hydroxyl groups excluding tert-OH is 1. The topological polar surface area (TPSA) is 193 Å². The molecule has 4 rings (SSSR count). The molecule has 3 heterocycles. The fourth-order valence-corrected chi connectivity index (χ4v) is 5.55. The third-order valence-electron chi connectivity index (χ3n) is 6.04. The molecular weight excluding hydrogens is 529 g/mol. The van der Waals surface area contributed by atoms with Gasteiger partial charge in [0.25, 0.3) is 0 Å². The largest absolute Gasteiger partial charge is 0.486 e. The van der Waals surface area contributed by atoms with E-state index in [-0.39, 0.29) is 30.0 Å². The van der Waals surface area contributed by atoms with Crippen molar-refractivity contribution in [1.82, 2.24) is 10.1 Å². The number of esters is 1. The number of nitrogens with zero attached hydrogens (tertiary/aromatic N) is 5. The molecule has 1 aromatic carbocycles. The fourth-order valence-electron chi connectivity index (χ4n) is 4.05. The van der Waals surface area contributed by atoms with Gasteiger partial charge < -0.3 is 24.8 Å². The first-order valence-corrected chi connectivity index (χ1v) is 13.7. The van der Waals surface area contributed by atoms with Crippen molar-refractivity contribution in [1.29, 1.82) is 5.26 Å². The summed E-state index contributed by atoms with van der Waals surface area (Å²) in [6.07, 6.45) is -1.67.